The molecule has 0 unspecified atom stereocenters. The van der Waals surface area contributed by atoms with Gasteiger partial charge in [0.05, 0.1) is 11.3 Å². The molecule has 4 aromatic rings. The van der Waals surface area contributed by atoms with Gasteiger partial charge >= 0.3 is 5.97 Å². The van der Waals surface area contributed by atoms with Gasteiger partial charge in [0.1, 0.15) is 10.8 Å². The van der Waals surface area contributed by atoms with Gasteiger partial charge in [-0.2, -0.15) is 15.0 Å². The number of rotatable bonds is 8. The molecular formula is C23H23N7O3S. The highest BCUT2D eigenvalue weighted by Crippen LogP contribution is 2.27. The molecule has 10 nitrogen and oxygen atoms in total. The first kappa shape index (κ1) is 23.2. The van der Waals surface area contributed by atoms with Gasteiger partial charge in [-0.1, -0.05) is 22.9 Å². The van der Waals surface area contributed by atoms with Crippen LogP contribution in [-0.4, -0.2) is 31.1 Å². The van der Waals surface area contributed by atoms with Crippen LogP contribution in [0.4, 0.5) is 17.6 Å². The fraction of sp³-hybridized carbons (Fsp3) is 0.217. The molecule has 3 aromatic heterocycles. The molecule has 0 fully saturated rings. The number of aromatic nitrogens is 5. The van der Waals surface area contributed by atoms with Gasteiger partial charge in [0.15, 0.2) is 12.4 Å². The third-order valence-corrected chi connectivity index (χ3v) is 5.90. The van der Waals surface area contributed by atoms with E-state index >= 15 is 0 Å². The number of esters is 1. The van der Waals surface area contributed by atoms with Crippen LogP contribution in [0.3, 0.4) is 0 Å². The van der Waals surface area contributed by atoms with Crippen molar-refractivity contribution in [3.8, 4) is 0 Å². The monoisotopic (exact) mass is 477 g/mol. The first-order valence-electron chi connectivity index (χ1n) is 10.4. The number of thioether (sulfide) groups is 1. The Hall–Kier alpha value is -3.99. The average Bonchev–Trinajstić information content (AvgIpc) is 3.14. The number of carbonyl (C=O) groups is 1. The van der Waals surface area contributed by atoms with Gasteiger partial charge in [0.25, 0.3) is 0 Å². The maximum atomic E-state index is 12.8. The number of hydrogen-bond donors (Lipinski definition) is 2. The summed E-state index contributed by atoms with van der Waals surface area (Å²) in [6.07, 6.45) is 1.63. The van der Waals surface area contributed by atoms with Gasteiger partial charge in [-0.25, -0.2) is 9.78 Å². The van der Waals surface area contributed by atoms with Crippen LogP contribution in [0.15, 0.2) is 52.1 Å². The second kappa shape index (κ2) is 10.3. The molecule has 0 atom stereocenters. The minimum Gasteiger partial charge on any atom is -0.454 e. The van der Waals surface area contributed by atoms with Crippen LogP contribution in [-0.2, 0) is 17.1 Å². The summed E-state index contributed by atoms with van der Waals surface area (Å²) in [6.45, 7) is 5.56. The zero-order valence-electron chi connectivity index (χ0n) is 18.9. The van der Waals surface area contributed by atoms with Crippen molar-refractivity contribution in [2.75, 3.05) is 11.1 Å². The highest BCUT2D eigenvalue weighted by molar-refractivity contribution is 7.98. The fourth-order valence-corrected chi connectivity index (χ4v) is 4.18. The van der Waals surface area contributed by atoms with E-state index in [4.69, 9.17) is 15.0 Å². The van der Waals surface area contributed by atoms with E-state index in [0.29, 0.717) is 16.3 Å². The minimum atomic E-state index is -0.540. The minimum absolute atomic E-state index is 0.0211. The summed E-state index contributed by atoms with van der Waals surface area (Å²) < 4.78 is 10.7. The molecule has 0 spiro atoms. The molecule has 0 radical (unpaired) electrons. The lowest BCUT2D eigenvalue weighted by Crippen LogP contribution is -2.12. The summed E-state index contributed by atoms with van der Waals surface area (Å²) in [4.78, 5) is 29.6. The Kier molecular flexibility index (Phi) is 7.02. The highest BCUT2D eigenvalue weighted by atomic mass is 32.2. The maximum Gasteiger partial charge on any atom is 0.341 e. The van der Waals surface area contributed by atoms with Crippen LogP contribution < -0.4 is 11.1 Å². The molecule has 0 amide bonds. The molecule has 0 aliphatic heterocycles. The molecular weight excluding hydrogens is 454 g/mol. The summed E-state index contributed by atoms with van der Waals surface area (Å²) in [6, 6.07) is 11.1. The predicted octanol–water partition coefficient (Wildman–Crippen LogP) is 4.15. The van der Waals surface area contributed by atoms with Crippen LogP contribution in [0.5, 0.6) is 0 Å². The standard InChI is InChI=1S/C23H23N7O3S/c1-13-6-8-16(9-7-13)26-23-28-19(27-22(24)29-23)11-32-21(31)17-5-4-10-25-20(17)34-12-18-14(2)30-33-15(18)3/h4-10H,11-12H2,1-3H3,(H3,24,26,27,28,29). The van der Waals surface area contributed by atoms with Gasteiger partial charge in [-0.05, 0) is 45.0 Å². The summed E-state index contributed by atoms with van der Waals surface area (Å²) in [5.41, 5.74) is 9.89. The number of nitrogens with one attached hydrogen (secondary N) is 1. The topological polar surface area (TPSA) is 142 Å². The number of benzene rings is 1. The van der Waals surface area contributed by atoms with E-state index in [0.717, 1.165) is 28.3 Å². The molecule has 34 heavy (non-hydrogen) atoms. The summed E-state index contributed by atoms with van der Waals surface area (Å²) in [5, 5.41) is 7.58. The highest BCUT2D eigenvalue weighted by Gasteiger charge is 2.17. The van der Waals surface area contributed by atoms with Gasteiger partial charge in [0.2, 0.25) is 11.9 Å². The predicted molar refractivity (Wildman–Crippen MR) is 128 cm³/mol. The number of carbonyl (C=O) groups excluding carboxylic acids is 1. The van der Waals surface area contributed by atoms with Gasteiger partial charge in [0, 0.05) is 23.2 Å². The first-order chi connectivity index (χ1) is 16.4. The Morgan fingerprint density at radius 1 is 1.12 bits per heavy atom. The lowest BCUT2D eigenvalue weighted by molar-refractivity contribution is 0.0457. The van der Waals surface area contributed by atoms with Crippen LogP contribution >= 0.6 is 11.8 Å². The number of nitrogens with two attached hydrogens (primary N) is 1. The van der Waals surface area contributed by atoms with E-state index in [1.807, 2.05) is 45.0 Å². The number of hydrogen-bond acceptors (Lipinski definition) is 11. The molecule has 3 N–H and O–H groups in total. The molecule has 0 bridgehead atoms. The molecule has 1 aromatic carbocycles. The maximum absolute atomic E-state index is 12.8. The normalized spacial score (nSPS) is 10.8. The SMILES string of the molecule is Cc1ccc(Nc2nc(N)nc(COC(=O)c3cccnc3SCc3c(C)noc3C)n2)cc1. The molecule has 0 aliphatic rings. The number of nitrogens with zero attached hydrogens (tertiary/aromatic N) is 5. The molecule has 0 saturated carbocycles. The summed E-state index contributed by atoms with van der Waals surface area (Å²) >= 11 is 1.41. The van der Waals surface area contributed by atoms with E-state index in [1.54, 1.807) is 18.3 Å². The zero-order chi connectivity index (χ0) is 24.1. The van der Waals surface area contributed by atoms with E-state index in [9.17, 15) is 4.79 Å². The Labute approximate surface area is 200 Å². The molecule has 0 aliphatic carbocycles. The Morgan fingerprint density at radius 3 is 2.65 bits per heavy atom. The third kappa shape index (κ3) is 5.67. The average molecular weight is 478 g/mol. The quantitative estimate of drug-likeness (QED) is 0.279. The van der Waals surface area contributed by atoms with Crippen LogP contribution in [0.1, 0.15) is 38.8 Å². The fourth-order valence-electron chi connectivity index (χ4n) is 3.04. The van der Waals surface area contributed by atoms with Crippen molar-refractivity contribution >= 4 is 35.3 Å². The lowest BCUT2D eigenvalue weighted by atomic mass is 10.2. The zero-order valence-corrected chi connectivity index (χ0v) is 19.7. The van der Waals surface area contributed by atoms with E-state index in [2.05, 4.69) is 30.4 Å². The van der Waals surface area contributed by atoms with E-state index in [-0.39, 0.29) is 24.3 Å². The molecule has 0 saturated heterocycles. The molecule has 174 valence electrons. The third-order valence-electron chi connectivity index (χ3n) is 4.86. The number of pyridine rings is 1. The number of nitrogen functional groups attached to an aromatic ring is 1. The van der Waals surface area contributed by atoms with E-state index < -0.39 is 5.97 Å². The number of aryl methyl sites for hydroxylation is 3. The van der Waals surface area contributed by atoms with Crippen molar-refractivity contribution in [1.82, 2.24) is 25.1 Å². The van der Waals surface area contributed by atoms with Crippen LogP contribution in [0, 0.1) is 20.8 Å². The van der Waals surface area contributed by atoms with Gasteiger partial charge in [-0.15, -0.1) is 11.8 Å². The van der Waals surface area contributed by atoms with Crippen molar-refractivity contribution in [2.45, 2.75) is 38.2 Å². The Balaban J connectivity index is 1.43. The molecule has 4 rings (SSSR count). The van der Waals surface area contributed by atoms with Crippen molar-refractivity contribution in [3.63, 3.8) is 0 Å². The smallest absolute Gasteiger partial charge is 0.341 e. The summed E-state index contributed by atoms with van der Waals surface area (Å²) in [5.74, 6) is 1.28. The van der Waals surface area contributed by atoms with Gasteiger partial charge < -0.3 is 20.3 Å². The number of ether oxygens (including phenoxy) is 1. The first-order valence-corrected chi connectivity index (χ1v) is 11.4. The van der Waals surface area contributed by atoms with E-state index in [1.165, 1.54) is 11.8 Å². The second-order valence-corrected chi connectivity index (χ2v) is 8.41. The van der Waals surface area contributed by atoms with Crippen molar-refractivity contribution in [3.05, 3.63) is 76.6 Å². The van der Waals surface area contributed by atoms with Crippen molar-refractivity contribution in [1.29, 1.82) is 0 Å². The largest absolute Gasteiger partial charge is 0.454 e. The van der Waals surface area contributed by atoms with Crippen molar-refractivity contribution < 1.29 is 14.1 Å². The lowest BCUT2D eigenvalue weighted by Gasteiger charge is -2.10. The molecule has 11 heteroatoms. The second-order valence-electron chi connectivity index (χ2n) is 7.45. The van der Waals surface area contributed by atoms with Crippen molar-refractivity contribution in [2.24, 2.45) is 0 Å². The van der Waals surface area contributed by atoms with Crippen LogP contribution in [0.25, 0.3) is 0 Å². The van der Waals surface area contributed by atoms with Gasteiger partial charge in [-0.3, -0.25) is 0 Å². The number of anilines is 3. The Bertz CT molecular complexity index is 1290. The Morgan fingerprint density at radius 2 is 1.91 bits per heavy atom. The summed E-state index contributed by atoms with van der Waals surface area (Å²) in [7, 11) is 0. The molecule has 3 heterocycles. The van der Waals surface area contributed by atoms with Crippen LogP contribution in [0.2, 0.25) is 0 Å².